The van der Waals surface area contributed by atoms with E-state index in [1.807, 2.05) is 19.2 Å². The van der Waals surface area contributed by atoms with E-state index in [1.165, 1.54) is 30.7 Å². The Balaban J connectivity index is 1.54. The SMILES string of the molecule is CC[C@@H](C)[C@H](NC(=O)[C@H](CC(C)C)NC(=O)c1cnccn1)C(=O)N1C[C@H](OCc2ccccc2)C[C@H]1C(=O)N[C@@H](CC(F)F)C(=O)C(=O)NCC(=O)NS(=O)(=O)c1ccc(C)c(Cl)c1. The Labute approximate surface area is 380 Å². The van der Waals surface area contributed by atoms with Crippen LogP contribution in [-0.2, 0) is 50.1 Å². The van der Waals surface area contributed by atoms with Crippen molar-refractivity contribution in [3.05, 3.63) is 89.0 Å². The monoisotopic (exact) mass is 946 g/mol. The summed E-state index contributed by atoms with van der Waals surface area (Å²) in [6.45, 7) is 7.54. The molecule has 3 aromatic rings. The van der Waals surface area contributed by atoms with Crippen LogP contribution in [0.2, 0.25) is 5.02 Å². The quantitative estimate of drug-likeness (QED) is 0.0913. The first kappa shape index (κ1) is 51.7. The summed E-state index contributed by atoms with van der Waals surface area (Å²) in [4.78, 5) is 103. The third-order valence-corrected chi connectivity index (χ3v) is 12.2. The number of carbonyl (C=O) groups is 7. The molecule has 0 saturated carbocycles. The number of hydrogen-bond donors (Lipinski definition) is 5. The molecule has 2 aromatic carbocycles. The van der Waals surface area contributed by atoms with E-state index < -0.39 is 107 Å². The Hall–Kier alpha value is -5.93. The van der Waals surface area contributed by atoms with Crippen LogP contribution < -0.4 is 26.0 Å². The average molecular weight is 947 g/mol. The van der Waals surface area contributed by atoms with Crippen molar-refractivity contribution in [3.63, 3.8) is 0 Å². The summed E-state index contributed by atoms with van der Waals surface area (Å²) in [5, 5.41) is 9.57. The second-order valence-corrected chi connectivity index (χ2v) is 18.0. The summed E-state index contributed by atoms with van der Waals surface area (Å²) in [5.74, 6) is -8.33. The molecule has 1 fully saturated rings. The molecule has 18 nitrogen and oxygen atoms in total. The minimum Gasteiger partial charge on any atom is -0.372 e. The first-order valence-electron chi connectivity index (χ1n) is 20.8. The van der Waals surface area contributed by atoms with Gasteiger partial charge in [0, 0.05) is 36.8 Å². The highest BCUT2D eigenvalue weighted by molar-refractivity contribution is 7.90. The lowest BCUT2D eigenvalue weighted by molar-refractivity contribution is -0.144. The molecule has 0 unspecified atom stereocenters. The van der Waals surface area contributed by atoms with Gasteiger partial charge in [0.15, 0.2) is 0 Å². The molecular weight excluding hydrogens is 894 g/mol. The number of sulfonamides is 1. The van der Waals surface area contributed by atoms with Gasteiger partial charge in [-0.25, -0.2) is 26.9 Å². The zero-order chi connectivity index (χ0) is 48.0. The van der Waals surface area contributed by atoms with Crippen LogP contribution in [0.3, 0.4) is 0 Å². The number of hydrogen-bond acceptors (Lipinski definition) is 12. The van der Waals surface area contributed by atoms with Gasteiger partial charge in [0.05, 0.1) is 30.3 Å². The van der Waals surface area contributed by atoms with E-state index in [4.69, 9.17) is 16.3 Å². The highest BCUT2D eigenvalue weighted by atomic mass is 35.5. The second-order valence-electron chi connectivity index (χ2n) is 16.0. The summed E-state index contributed by atoms with van der Waals surface area (Å²) >= 11 is 6.00. The van der Waals surface area contributed by atoms with Crippen molar-refractivity contribution in [1.82, 2.24) is 40.9 Å². The maximum Gasteiger partial charge on any atom is 0.290 e. The van der Waals surface area contributed by atoms with Gasteiger partial charge in [-0.15, -0.1) is 0 Å². The van der Waals surface area contributed by atoms with E-state index in [-0.39, 0.29) is 47.5 Å². The van der Waals surface area contributed by atoms with Gasteiger partial charge in [-0.1, -0.05) is 82.1 Å². The van der Waals surface area contributed by atoms with Gasteiger partial charge in [-0.2, -0.15) is 0 Å². The lowest BCUT2D eigenvalue weighted by atomic mass is 9.96. The van der Waals surface area contributed by atoms with Crippen molar-refractivity contribution in [3.8, 4) is 0 Å². The van der Waals surface area contributed by atoms with Gasteiger partial charge in [-0.3, -0.25) is 38.5 Å². The molecule has 5 N–H and O–H groups in total. The zero-order valence-corrected chi connectivity index (χ0v) is 38.0. The number of aryl methyl sites for hydroxylation is 1. The van der Waals surface area contributed by atoms with Crippen LogP contribution in [0, 0.1) is 18.8 Å². The van der Waals surface area contributed by atoms with Crippen LogP contribution in [0.1, 0.15) is 75.0 Å². The fourth-order valence-electron chi connectivity index (χ4n) is 6.73. The van der Waals surface area contributed by atoms with Crippen LogP contribution in [0.5, 0.6) is 0 Å². The minimum atomic E-state index is -4.47. The van der Waals surface area contributed by atoms with Crippen LogP contribution in [0.25, 0.3) is 0 Å². The number of amides is 6. The normalized spacial score (nSPS) is 16.8. The first-order chi connectivity index (χ1) is 30.7. The van der Waals surface area contributed by atoms with E-state index in [1.54, 1.807) is 55.8 Å². The van der Waals surface area contributed by atoms with E-state index in [9.17, 15) is 50.8 Å². The zero-order valence-electron chi connectivity index (χ0n) is 36.4. The van der Waals surface area contributed by atoms with E-state index in [0.717, 1.165) is 16.5 Å². The summed E-state index contributed by atoms with van der Waals surface area (Å²) in [7, 11) is -4.47. The van der Waals surface area contributed by atoms with Crippen molar-refractivity contribution in [2.75, 3.05) is 13.1 Å². The van der Waals surface area contributed by atoms with E-state index in [2.05, 4.69) is 25.9 Å². The number of rotatable bonds is 22. The molecule has 0 aliphatic carbocycles. The minimum absolute atomic E-state index is 0.0434. The molecule has 1 aliphatic heterocycles. The molecular formula is C43H53ClF2N8O10S. The van der Waals surface area contributed by atoms with Gasteiger partial charge in [0.1, 0.15) is 29.9 Å². The molecule has 0 bridgehead atoms. The van der Waals surface area contributed by atoms with Gasteiger partial charge in [-0.05, 0) is 48.4 Å². The molecule has 22 heteroatoms. The number of alkyl halides is 2. The fourth-order valence-corrected chi connectivity index (χ4v) is 7.99. The van der Waals surface area contributed by atoms with Crippen molar-refractivity contribution in [2.45, 2.75) is 109 Å². The van der Waals surface area contributed by atoms with Crippen LogP contribution in [-0.4, -0.2) is 114 Å². The summed E-state index contributed by atoms with van der Waals surface area (Å²) in [6, 6.07) is 6.61. The molecule has 65 heavy (non-hydrogen) atoms. The van der Waals surface area contributed by atoms with E-state index >= 15 is 0 Å². The fraction of sp³-hybridized carbons (Fsp3) is 0.465. The van der Waals surface area contributed by atoms with Crippen molar-refractivity contribution in [1.29, 1.82) is 0 Å². The Morgan fingerprint density at radius 1 is 0.938 bits per heavy atom. The smallest absolute Gasteiger partial charge is 0.290 e. The lowest BCUT2D eigenvalue weighted by Gasteiger charge is -2.33. The molecule has 0 radical (unpaired) electrons. The molecule has 6 amide bonds. The van der Waals surface area contributed by atoms with Gasteiger partial charge < -0.3 is 30.9 Å². The number of ketones is 1. The molecule has 6 atom stereocenters. The number of carbonyl (C=O) groups excluding carboxylic acids is 7. The number of nitrogens with zero attached hydrogens (tertiary/aromatic N) is 3. The standard InChI is InChI=1S/C43H53ClF2N8O10S/c1-6-25(4)37(52-39(57)32(16-24(2)3)51-40(58)33-20-47-14-15-48-33)43(61)54-22-28(64-23-27-10-8-7-9-11-27)17-34(54)41(59)50-31(19-35(45)46)38(56)42(60)49-21-36(55)53-65(62,63)29-13-12-26(5)30(44)18-29/h7-15,18,20,24-25,28,31-32,34-35,37H,6,16-17,19,21-23H2,1-5H3,(H,49,60)(H,50,59)(H,51,58)(H,52,57)(H,53,55)/t25-,28-,31+,32+,34+,37+/m1/s1. The predicted molar refractivity (Wildman–Crippen MR) is 231 cm³/mol. The number of Topliss-reactive ketones (excluding diaryl/α,β-unsaturated/α-hetero) is 1. The Bertz CT molecular complexity index is 2300. The number of ether oxygens (including phenoxy) is 1. The molecule has 2 heterocycles. The summed E-state index contributed by atoms with van der Waals surface area (Å²) in [5.41, 5.74) is 1.28. The first-order valence-corrected chi connectivity index (χ1v) is 22.6. The lowest BCUT2D eigenvalue weighted by Crippen LogP contribution is -2.59. The van der Waals surface area contributed by atoms with Crippen molar-refractivity contribution in [2.24, 2.45) is 11.8 Å². The van der Waals surface area contributed by atoms with Gasteiger partial charge >= 0.3 is 0 Å². The van der Waals surface area contributed by atoms with E-state index in [0.29, 0.717) is 12.0 Å². The topological polar surface area (TPSA) is 252 Å². The summed E-state index contributed by atoms with van der Waals surface area (Å²) in [6.07, 6.45) is -1.11. The molecule has 1 aromatic heterocycles. The van der Waals surface area contributed by atoms with Crippen LogP contribution in [0.4, 0.5) is 8.78 Å². The number of likely N-dealkylation sites (tertiary alicyclic amines) is 1. The number of benzene rings is 2. The Kier molecular flexibility index (Phi) is 19.0. The van der Waals surface area contributed by atoms with Gasteiger partial charge in [0.2, 0.25) is 29.9 Å². The van der Waals surface area contributed by atoms with Crippen LogP contribution >= 0.6 is 11.6 Å². The molecule has 0 spiro atoms. The largest absolute Gasteiger partial charge is 0.372 e. The highest BCUT2D eigenvalue weighted by Gasteiger charge is 2.45. The second kappa shape index (κ2) is 23.8. The van der Waals surface area contributed by atoms with Crippen molar-refractivity contribution < 1.29 is 55.5 Å². The predicted octanol–water partition coefficient (Wildman–Crippen LogP) is 2.63. The molecule has 352 valence electrons. The number of halogens is 3. The van der Waals surface area contributed by atoms with Crippen molar-refractivity contribution >= 4 is 62.9 Å². The maximum absolute atomic E-state index is 14.6. The number of aromatic nitrogens is 2. The average Bonchev–Trinajstić information content (AvgIpc) is 3.71. The third kappa shape index (κ3) is 15.1. The Morgan fingerprint density at radius 2 is 1.65 bits per heavy atom. The Morgan fingerprint density at radius 3 is 2.26 bits per heavy atom. The molecule has 1 aliphatic rings. The maximum atomic E-state index is 14.6. The van der Waals surface area contributed by atoms with Crippen LogP contribution in [0.15, 0.2) is 72.0 Å². The third-order valence-electron chi connectivity index (χ3n) is 10.5. The number of nitrogens with one attached hydrogen (secondary N) is 5. The molecule has 4 rings (SSSR count). The summed E-state index contributed by atoms with van der Waals surface area (Å²) < 4.78 is 61.0. The highest BCUT2D eigenvalue weighted by Crippen LogP contribution is 2.26. The van der Waals surface area contributed by atoms with Gasteiger partial charge in [0.25, 0.3) is 27.7 Å². The molecule has 1 saturated heterocycles.